The molecule has 3 aromatic rings. The molecule has 0 aliphatic rings. The third kappa shape index (κ3) is 5.50. The zero-order valence-corrected chi connectivity index (χ0v) is 17.7. The molecule has 0 saturated heterocycles. The lowest BCUT2D eigenvalue weighted by Crippen LogP contribution is -2.48. The second-order valence-electron chi connectivity index (χ2n) is 7.54. The number of halogens is 1. The van der Waals surface area contributed by atoms with E-state index < -0.39 is 23.1 Å². The Labute approximate surface area is 189 Å². The van der Waals surface area contributed by atoms with Crippen LogP contribution in [0.25, 0.3) is 0 Å². The Morgan fingerprint density at radius 1 is 1.15 bits per heavy atom. The summed E-state index contributed by atoms with van der Waals surface area (Å²) in [5.41, 5.74) is -0.242. The van der Waals surface area contributed by atoms with Crippen molar-refractivity contribution in [3.8, 4) is 6.07 Å². The molecule has 0 radical (unpaired) electrons. The predicted molar refractivity (Wildman–Crippen MR) is 122 cm³/mol. The van der Waals surface area contributed by atoms with Gasteiger partial charge in [-0.3, -0.25) is 14.9 Å². The largest absolute Gasteiger partial charge is 0.378 e. The normalized spacial score (nSPS) is 12.3. The minimum atomic E-state index is -1.90. The highest BCUT2D eigenvalue weighted by Gasteiger charge is 2.34. The second kappa shape index (κ2) is 9.89. The minimum Gasteiger partial charge on any atom is -0.378 e. The number of nitro benzene ring substituents is 1. The Kier molecular flexibility index (Phi) is 7.00. The second-order valence-corrected chi connectivity index (χ2v) is 7.54. The molecule has 0 aliphatic heterocycles. The van der Waals surface area contributed by atoms with Gasteiger partial charge in [-0.15, -0.1) is 0 Å². The lowest BCUT2D eigenvalue weighted by molar-refractivity contribution is -0.384. The Hall–Kier alpha value is -4.29. The molecule has 1 atom stereocenters. The summed E-state index contributed by atoms with van der Waals surface area (Å²) in [4.78, 5) is 25.0. The number of nitrogens with zero attached hydrogens (tertiary/aromatic N) is 3. The van der Waals surface area contributed by atoms with Crippen molar-refractivity contribution in [2.24, 2.45) is 0 Å². The number of nitrogens with one attached hydrogen (secondary N) is 1. The summed E-state index contributed by atoms with van der Waals surface area (Å²) in [5.74, 6) is -0.736. The van der Waals surface area contributed by atoms with E-state index in [9.17, 15) is 24.4 Å². The van der Waals surface area contributed by atoms with Crippen molar-refractivity contribution in [2.75, 3.05) is 16.8 Å². The number of non-ortho nitro benzene ring substituents is 1. The first-order chi connectivity index (χ1) is 15.7. The molecule has 3 aromatic carbocycles. The van der Waals surface area contributed by atoms with Crippen LogP contribution in [-0.2, 0) is 11.5 Å². The molecule has 3 rings (SSSR count). The smallest absolute Gasteiger partial charge is 0.269 e. The number of nitro groups is 1. The van der Waals surface area contributed by atoms with Crippen LogP contribution in [0.2, 0.25) is 0 Å². The van der Waals surface area contributed by atoms with Gasteiger partial charge in [0.2, 0.25) is 0 Å². The average molecular weight is 448 g/mol. The summed E-state index contributed by atoms with van der Waals surface area (Å²) in [6, 6.07) is 20.8. The van der Waals surface area contributed by atoms with Gasteiger partial charge in [0, 0.05) is 34.8 Å². The average Bonchev–Trinajstić information content (AvgIpc) is 2.83. The van der Waals surface area contributed by atoms with Crippen LogP contribution in [-0.4, -0.2) is 28.1 Å². The lowest BCUT2D eigenvalue weighted by Gasteiger charge is -2.32. The van der Waals surface area contributed by atoms with Gasteiger partial charge in [-0.25, -0.2) is 4.39 Å². The van der Waals surface area contributed by atoms with E-state index in [1.807, 2.05) is 12.1 Å². The predicted octanol–water partition coefficient (Wildman–Crippen LogP) is 4.46. The number of hydrogen-bond acceptors (Lipinski definition) is 6. The number of amides is 1. The molecule has 0 spiro atoms. The highest BCUT2D eigenvalue weighted by atomic mass is 19.1. The van der Waals surface area contributed by atoms with Crippen LogP contribution in [0.5, 0.6) is 0 Å². The number of alkyl halides is 1. The van der Waals surface area contributed by atoms with E-state index in [-0.39, 0.29) is 29.0 Å². The summed E-state index contributed by atoms with van der Waals surface area (Å²) in [6.45, 7) is 0.293. The van der Waals surface area contributed by atoms with E-state index in [0.29, 0.717) is 11.4 Å². The zero-order valence-electron chi connectivity index (χ0n) is 17.7. The Balaban J connectivity index is 1.87. The SMILES string of the molecule is C[C@](O)(CN(c1ccccc1)c1ccc([N+](=O)[O-])cc1)C(=O)Nc1ccc(C#N)c(CF)c1. The van der Waals surface area contributed by atoms with Crippen LogP contribution in [0, 0.1) is 21.4 Å². The van der Waals surface area contributed by atoms with Gasteiger partial charge < -0.3 is 15.3 Å². The van der Waals surface area contributed by atoms with Crippen LogP contribution in [0.4, 0.5) is 27.1 Å². The van der Waals surface area contributed by atoms with Gasteiger partial charge in [-0.1, -0.05) is 18.2 Å². The maximum absolute atomic E-state index is 13.2. The van der Waals surface area contributed by atoms with Crippen molar-refractivity contribution >= 4 is 28.7 Å². The maximum atomic E-state index is 13.2. The topological polar surface area (TPSA) is 120 Å². The molecule has 0 bridgehead atoms. The zero-order chi connectivity index (χ0) is 24.0. The summed E-state index contributed by atoms with van der Waals surface area (Å²) in [5, 5.41) is 33.6. The molecule has 33 heavy (non-hydrogen) atoms. The number of carbonyl (C=O) groups is 1. The highest BCUT2D eigenvalue weighted by Crippen LogP contribution is 2.29. The van der Waals surface area contributed by atoms with Crippen molar-refractivity contribution in [1.29, 1.82) is 5.26 Å². The van der Waals surface area contributed by atoms with E-state index in [4.69, 9.17) is 5.26 Å². The fraction of sp³-hybridized carbons (Fsp3) is 0.167. The molecule has 2 N–H and O–H groups in total. The summed E-state index contributed by atoms with van der Waals surface area (Å²) in [7, 11) is 0. The molecule has 0 unspecified atom stereocenters. The highest BCUT2D eigenvalue weighted by molar-refractivity contribution is 5.97. The van der Waals surface area contributed by atoms with Crippen molar-refractivity contribution in [3.05, 3.63) is 94.0 Å². The first-order valence-electron chi connectivity index (χ1n) is 9.95. The van der Waals surface area contributed by atoms with Crippen molar-refractivity contribution < 1.29 is 19.2 Å². The van der Waals surface area contributed by atoms with Gasteiger partial charge in [0.05, 0.1) is 23.1 Å². The maximum Gasteiger partial charge on any atom is 0.269 e. The number of nitriles is 1. The lowest BCUT2D eigenvalue weighted by atomic mass is 10.0. The van der Waals surface area contributed by atoms with Crippen molar-refractivity contribution in [1.82, 2.24) is 0 Å². The van der Waals surface area contributed by atoms with Crippen molar-refractivity contribution in [3.63, 3.8) is 0 Å². The first-order valence-corrected chi connectivity index (χ1v) is 9.95. The molecular formula is C24H21FN4O4. The number of aliphatic hydroxyl groups is 1. The summed E-state index contributed by atoms with van der Waals surface area (Å²) in [6.07, 6.45) is 0. The first kappa shape index (κ1) is 23.4. The van der Waals surface area contributed by atoms with E-state index in [2.05, 4.69) is 5.32 Å². The number of hydrogen-bond donors (Lipinski definition) is 2. The molecular weight excluding hydrogens is 427 g/mol. The Morgan fingerprint density at radius 2 is 1.79 bits per heavy atom. The fourth-order valence-corrected chi connectivity index (χ4v) is 3.23. The fourth-order valence-electron chi connectivity index (χ4n) is 3.23. The minimum absolute atomic E-state index is 0.0826. The van der Waals surface area contributed by atoms with Crippen LogP contribution in [0.1, 0.15) is 18.1 Å². The van der Waals surface area contributed by atoms with E-state index in [1.54, 1.807) is 29.2 Å². The van der Waals surface area contributed by atoms with Gasteiger partial charge in [0.25, 0.3) is 11.6 Å². The molecule has 0 saturated carbocycles. The monoisotopic (exact) mass is 448 g/mol. The standard InChI is InChI=1S/C24H21FN4O4/c1-24(31,23(30)27-19-8-7-17(15-26)18(13-19)14-25)16-28(20-5-3-2-4-6-20)21-9-11-22(12-10-21)29(32)33/h2-13,31H,14,16H2,1H3,(H,27,30)/t24-/m0/s1. The summed E-state index contributed by atoms with van der Waals surface area (Å²) >= 11 is 0. The third-order valence-electron chi connectivity index (χ3n) is 5.02. The van der Waals surface area contributed by atoms with E-state index in [0.717, 1.165) is 0 Å². The molecule has 9 heteroatoms. The van der Waals surface area contributed by atoms with Gasteiger partial charge in [0.15, 0.2) is 5.60 Å². The van der Waals surface area contributed by atoms with Gasteiger partial charge >= 0.3 is 0 Å². The van der Waals surface area contributed by atoms with E-state index >= 15 is 0 Å². The quantitative estimate of drug-likeness (QED) is 0.388. The van der Waals surface area contributed by atoms with Gasteiger partial charge in [0.1, 0.15) is 6.67 Å². The third-order valence-corrected chi connectivity index (χ3v) is 5.02. The number of para-hydroxylation sites is 1. The molecule has 168 valence electrons. The Bertz CT molecular complexity index is 1190. The molecule has 0 fully saturated rings. The van der Waals surface area contributed by atoms with Gasteiger partial charge in [-0.2, -0.15) is 5.26 Å². The van der Waals surface area contributed by atoms with E-state index in [1.165, 1.54) is 49.4 Å². The number of anilines is 3. The number of rotatable bonds is 8. The van der Waals surface area contributed by atoms with Gasteiger partial charge in [-0.05, 0) is 49.4 Å². The van der Waals surface area contributed by atoms with Crippen LogP contribution >= 0.6 is 0 Å². The molecule has 0 heterocycles. The molecule has 0 aromatic heterocycles. The molecule has 0 aliphatic carbocycles. The number of benzene rings is 3. The van der Waals surface area contributed by atoms with Crippen molar-refractivity contribution in [2.45, 2.75) is 19.2 Å². The van der Waals surface area contributed by atoms with Crippen LogP contribution < -0.4 is 10.2 Å². The molecule has 1 amide bonds. The summed E-state index contributed by atoms with van der Waals surface area (Å²) < 4.78 is 13.2. The van der Waals surface area contributed by atoms with Crippen LogP contribution in [0.15, 0.2) is 72.8 Å². The Morgan fingerprint density at radius 3 is 2.36 bits per heavy atom. The van der Waals surface area contributed by atoms with Crippen LogP contribution in [0.3, 0.4) is 0 Å². The number of carbonyl (C=O) groups excluding carboxylic acids is 1. The molecule has 8 nitrogen and oxygen atoms in total.